The average molecular weight is 367 g/mol. The fraction of sp³-hybridized carbons (Fsp3) is 0.278. The van der Waals surface area contributed by atoms with Gasteiger partial charge in [-0.1, -0.05) is 22.9 Å². The summed E-state index contributed by atoms with van der Waals surface area (Å²) in [7, 11) is 0. The fourth-order valence-corrected chi connectivity index (χ4v) is 3.14. The number of carboxylic acids is 1. The standard InChI is InChI=1S/C18H17N5O4/c24-17(16-13-7-2-1-3-8-15(13)27-21-16)19-11-5-4-6-12(9-11)23-10-14(18(25)26)20-22-23/h4-6,9-10H,1-3,7-8H2,(H,19,24)(H,25,26). The van der Waals surface area contributed by atoms with E-state index in [0.29, 0.717) is 17.1 Å². The monoisotopic (exact) mass is 367 g/mol. The predicted molar refractivity (Wildman–Crippen MR) is 94.0 cm³/mol. The second-order valence-corrected chi connectivity index (χ2v) is 6.35. The summed E-state index contributed by atoms with van der Waals surface area (Å²) < 4.78 is 6.69. The minimum Gasteiger partial charge on any atom is -0.476 e. The van der Waals surface area contributed by atoms with Gasteiger partial charge in [-0.2, -0.15) is 0 Å². The summed E-state index contributed by atoms with van der Waals surface area (Å²) in [4.78, 5) is 23.6. The number of hydrogen-bond donors (Lipinski definition) is 2. The van der Waals surface area contributed by atoms with Crippen molar-refractivity contribution in [3.8, 4) is 5.69 Å². The van der Waals surface area contributed by atoms with Crippen molar-refractivity contribution in [3.63, 3.8) is 0 Å². The highest BCUT2D eigenvalue weighted by molar-refractivity contribution is 6.04. The molecule has 2 aromatic heterocycles. The number of aromatic nitrogens is 4. The number of nitrogens with one attached hydrogen (secondary N) is 1. The third-order valence-electron chi connectivity index (χ3n) is 4.50. The van der Waals surface area contributed by atoms with Gasteiger partial charge in [-0.25, -0.2) is 9.48 Å². The molecule has 27 heavy (non-hydrogen) atoms. The van der Waals surface area contributed by atoms with Crippen LogP contribution in [0.2, 0.25) is 0 Å². The Balaban J connectivity index is 1.55. The summed E-state index contributed by atoms with van der Waals surface area (Å²) in [5, 5.41) is 23.1. The van der Waals surface area contributed by atoms with Crippen molar-refractivity contribution in [2.45, 2.75) is 32.1 Å². The summed E-state index contributed by atoms with van der Waals surface area (Å²) in [6, 6.07) is 6.88. The van der Waals surface area contributed by atoms with E-state index in [-0.39, 0.29) is 11.6 Å². The predicted octanol–water partition coefficient (Wildman–Crippen LogP) is 2.47. The van der Waals surface area contributed by atoms with Crippen LogP contribution in [0.25, 0.3) is 5.69 Å². The van der Waals surface area contributed by atoms with Crippen molar-refractivity contribution in [1.82, 2.24) is 20.2 Å². The molecule has 1 aliphatic carbocycles. The summed E-state index contributed by atoms with van der Waals surface area (Å²) in [5.74, 6) is -0.684. The summed E-state index contributed by atoms with van der Waals surface area (Å²) in [6.45, 7) is 0. The molecule has 2 heterocycles. The van der Waals surface area contributed by atoms with E-state index in [9.17, 15) is 9.59 Å². The molecule has 0 aliphatic heterocycles. The molecule has 0 bridgehead atoms. The maximum absolute atomic E-state index is 12.7. The molecule has 0 spiro atoms. The Morgan fingerprint density at radius 3 is 2.85 bits per heavy atom. The van der Waals surface area contributed by atoms with Crippen LogP contribution < -0.4 is 5.32 Å². The van der Waals surface area contributed by atoms with Crippen molar-refractivity contribution in [1.29, 1.82) is 0 Å². The molecular weight excluding hydrogens is 350 g/mol. The van der Waals surface area contributed by atoms with Crippen molar-refractivity contribution in [2.75, 3.05) is 5.32 Å². The summed E-state index contributed by atoms with van der Waals surface area (Å²) >= 11 is 0. The minimum atomic E-state index is -1.16. The van der Waals surface area contributed by atoms with Crippen LogP contribution in [0.4, 0.5) is 5.69 Å². The first-order valence-electron chi connectivity index (χ1n) is 8.66. The van der Waals surface area contributed by atoms with Crippen LogP contribution in [0.15, 0.2) is 35.0 Å². The Morgan fingerprint density at radius 1 is 1.19 bits per heavy atom. The van der Waals surface area contributed by atoms with Gasteiger partial charge in [-0.05, 0) is 37.5 Å². The lowest BCUT2D eigenvalue weighted by Gasteiger charge is -2.07. The Kier molecular flexibility index (Phi) is 4.41. The first kappa shape index (κ1) is 17.0. The molecule has 1 aliphatic rings. The molecule has 0 radical (unpaired) electrons. The third kappa shape index (κ3) is 3.43. The van der Waals surface area contributed by atoms with Crippen LogP contribution in [0.5, 0.6) is 0 Å². The number of anilines is 1. The van der Waals surface area contributed by atoms with Gasteiger partial charge in [0.25, 0.3) is 5.91 Å². The van der Waals surface area contributed by atoms with Crippen LogP contribution >= 0.6 is 0 Å². The van der Waals surface area contributed by atoms with Crippen LogP contribution in [-0.4, -0.2) is 37.1 Å². The summed E-state index contributed by atoms with van der Waals surface area (Å²) in [5.41, 5.74) is 2.17. The molecule has 4 rings (SSSR count). The number of rotatable bonds is 4. The van der Waals surface area contributed by atoms with Gasteiger partial charge >= 0.3 is 5.97 Å². The molecule has 0 saturated heterocycles. The number of nitrogens with zero attached hydrogens (tertiary/aromatic N) is 4. The molecule has 9 heteroatoms. The molecule has 0 unspecified atom stereocenters. The van der Waals surface area contributed by atoms with E-state index < -0.39 is 5.97 Å². The molecule has 0 atom stereocenters. The molecule has 2 N–H and O–H groups in total. The topological polar surface area (TPSA) is 123 Å². The zero-order valence-electron chi connectivity index (χ0n) is 14.4. The maximum Gasteiger partial charge on any atom is 0.358 e. The van der Waals surface area contributed by atoms with Crippen LogP contribution in [-0.2, 0) is 12.8 Å². The molecule has 9 nitrogen and oxygen atoms in total. The largest absolute Gasteiger partial charge is 0.476 e. The van der Waals surface area contributed by atoms with Gasteiger partial charge in [0.05, 0.1) is 11.9 Å². The van der Waals surface area contributed by atoms with Gasteiger partial charge in [0, 0.05) is 17.7 Å². The minimum absolute atomic E-state index is 0.158. The third-order valence-corrected chi connectivity index (χ3v) is 4.50. The number of hydrogen-bond acceptors (Lipinski definition) is 6. The summed E-state index contributed by atoms with van der Waals surface area (Å²) in [6.07, 6.45) is 6.08. The SMILES string of the molecule is O=C(O)c1cn(-c2cccc(NC(=O)c3noc4c3CCCCC4)c2)nn1. The van der Waals surface area contributed by atoms with E-state index >= 15 is 0 Å². The van der Waals surface area contributed by atoms with Crippen LogP contribution in [0.3, 0.4) is 0 Å². The number of fused-ring (bicyclic) bond motifs is 1. The molecular formula is C18H17N5O4. The highest BCUT2D eigenvalue weighted by Crippen LogP contribution is 2.24. The first-order valence-corrected chi connectivity index (χ1v) is 8.66. The lowest BCUT2D eigenvalue weighted by Crippen LogP contribution is -2.14. The molecule has 1 aromatic carbocycles. The van der Waals surface area contributed by atoms with E-state index in [1.807, 2.05) is 0 Å². The van der Waals surface area contributed by atoms with E-state index in [1.54, 1.807) is 24.3 Å². The molecule has 0 saturated carbocycles. The second kappa shape index (κ2) is 7.02. The maximum atomic E-state index is 12.7. The fourth-order valence-electron chi connectivity index (χ4n) is 3.14. The zero-order chi connectivity index (χ0) is 18.8. The Hall–Kier alpha value is -3.49. The number of carbonyl (C=O) groups excluding carboxylic acids is 1. The lowest BCUT2D eigenvalue weighted by molar-refractivity contribution is 0.0690. The van der Waals surface area contributed by atoms with Gasteiger partial charge in [-0.15, -0.1) is 5.10 Å². The van der Waals surface area contributed by atoms with E-state index in [0.717, 1.165) is 43.4 Å². The number of aromatic carboxylic acids is 1. The van der Waals surface area contributed by atoms with E-state index in [2.05, 4.69) is 20.8 Å². The normalized spacial score (nSPS) is 13.6. The number of carboxylic acid groups (broad SMARTS) is 1. The van der Waals surface area contributed by atoms with Crippen molar-refractivity contribution < 1.29 is 19.2 Å². The van der Waals surface area contributed by atoms with Gasteiger partial charge in [0.2, 0.25) is 0 Å². The second-order valence-electron chi connectivity index (χ2n) is 6.35. The molecule has 0 fully saturated rings. The molecule has 1 amide bonds. The van der Waals surface area contributed by atoms with Crippen LogP contribution in [0, 0.1) is 0 Å². The first-order chi connectivity index (χ1) is 13.1. The number of benzene rings is 1. The lowest BCUT2D eigenvalue weighted by atomic mass is 10.1. The van der Waals surface area contributed by atoms with E-state index in [4.69, 9.17) is 9.63 Å². The zero-order valence-corrected chi connectivity index (χ0v) is 14.4. The smallest absolute Gasteiger partial charge is 0.358 e. The number of aryl methyl sites for hydroxylation is 1. The number of amides is 1. The Labute approximate surface area is 154 Å². The molecule has 138 valence electrons. The average Bonchev–Trinajstić information content (AvgIpc) is 3.24. The Bertz CT molecular complexity index is 1010. The van der Waals surface area contributed by atoms with E-state index in [1.165, 1.54) is 10.9 Å². The van der Waals surface area contributed by atoms with Gasteiger partial charge < -0.3 is 14.9 Å². The molecule has 3 aromatic rings. The quantitative estimate of drug-likeness (QED) is 0.679. The van der Waals surface area contributed by atoms with Crippen molar-refractivity contribution in [3.05, 3.63) is 53.2 Å². The van der Waals surface area contributed by atoms with Gasteiger partial charge in [0.1, 0.15) is 5.76 Å². The van der Waals surface area contributed by atoms with Crippen LogP contribution in [0.1, 0.15) is 51.6 Å². The van der Waals surface area contributed by atoms with Gasteiger partial charge in [0.15, 0.2) is 11.4 Å². The van der Waals surface area contributed by atoms with Crippen molar-refractivity contribution in [2.24, 2.45) is 0 Å². The van der Waals surface area contributed by atoms with Gasteiger partial charge in [-0.3, -0.25) is 4.79 Å². The Morgan fingerprint density at radius 2 is 2.04 bits per heavy atom. The highest BCUT2D eigenvalue weighted by Gasteiger charge is 2.23. The highest BCUT2D eigenvalue weighted by atomic mass is 16.5. The number of carbonyl (C=O) groups is 2. The van der Waals surface area contributed by atoms with Crippen molar-refractivity contribution >= 4 is 17.6 Å².